The lowest BCUT2D eigenvalue weighted by Gasteiger charge is -2.68. The standard InChI is InChI=1S/C23H26O5/c1-13-9-15(10-17(25)20(13)26)19-21(27)22-7-3-2-4-8-23(19,22)28-18-11-16(24)6-5-14(18)12-22/h5-6,9-11,19,21,24-27H,2-4,7-8,12H2,1H3. The van der Waals surface area contributed by atoms with Gasteiger partial charge in [-0.3, -0.25) is 0 Å². The minimum Gasteiger partial charge on any atom is -0.508 e. The highest BCUT2D eigenvalue weighted by atomic mass is 16.5. The van der Waals surface area contributed by atoms with Crippen LogP contribution in [0.2, 0.25) is 0 Å². The lowest BCUT2D eigenvalue weighted by molar-refractivity contribution is -0.259. The Kier molecular flexibility index (Phi) is 3.66. The molecule has 3 aliphatic rings. The van der Waals surface area contributed by atoms with Crippen molar-refractivity contribution < 1.29 is 25.2 Å². The van der Waals surface area contributed by atoms with Crippen LogP contribution in [0.3, 0.4) is 0 Å². The number of phenols is 3. The molecule has 0 saturated heterocycles. The van der Waals surface area contributed by atoms with E-state index in [0.29, 0.717) is 11.3 Å². The molecule has 0 amide bonds. The van der Waals surface area contributed by atoms with Gasteiger partial charge in [-0.2, -0.15) is 0 Å². The van der Waals surface area contributed by atoms with E-state index in [1.807, 2.05) is 12.1 Å². The lowest BCUT2D eigenvalue weighted by Crippen LogP contribution is -2.76. The van der Waals surface area contributed by atoms with Crippen molar-refractivity contribution in [2.45, 2.75) is 63.1 Å². The molecule has 2 aromatic rings. The number of hydrogen-bond acceptors (Lipinski definition) is 5. The normalized spacial score (nSPS) is 33.5. The fourth-order valence-electron chi connectivity index (χ4n) is 6.11. The highest BCUT2D eigenvalue weighted by Gasteiger charge is 2.74. The van der Waals surface area contributed by atoms with E-state index >= 15 is 0 Å². The molecule has 4 atom stereocenters. The van der Waals surface area contributed by atoms with Gasteiger partial charge >= 0.3 is 0 Å². The summed E-state index contributed by atoms with van der Waals surface area (Å²) in [5.41, 5.74) is 1.47. The number of phenolic OH excluding ortho intramolecular Hbond substituents is 3. The van der Waals surface area contributed by atoms with E-state index < -0.39 is 11.7 Å². The van der Waals surface area contributed by atoms with Crippen LogP contribution in [0.25, 0.3) is 0 Å². The molecule has 5 nitrogen and oxygen atoms in total. The number of fused-ring (bicyclic) bond motifs is 1. The minimum atomic E-state index is -0.587. The highest BCUT2D eigenvalue weighted by Crippen LogP contribution is 2.69. The third-order valence-corrected chi connectivity index (χ3v) is 7.41. The van der Waals surface area contributed by atoms with E-state index in [2.05, 4.69) is 0 Å². The van der Waals surface area contributed by atoms with Crippen molar-refractivity contribution in [1.29, 1.82) is 0 Å². The first-order chi connectivity index (χ1) is 13.4. The van der Waals surface area contributed by atoms with Gasteiger partial charge in [0.2, 0.25) is 0 Å². The predicted octanol–water partition coefficient (Wildman–Crippen LogP) is 3.89. The molecule has 2 aromatic carbocycles. The Hall–Kier alpha value is -2.40. The lowest BCUT2D eigenvalue weighted by atomic mass is 9.42. The summed E-state index contributed by atoms with van der Waals surface area (Å²) in [7, 11) is 0. The molecule has 2 fully saturated rings. The molecule has 148 valence electrons. The number of aryl methyl sites for hydroxylation is 1. The largest absolute Gasteiger partial charge is 0.508 e. The third kappa shape index (κ3) is 2.11. The van der Waals surface area contributed by atoms with Crippen LogP contribution in [0, 0.1) is 12.3 Å². The Morgan fingerprint density at radius 2 is 1.79 bits per heavy atom. The molecule has 2 saturated carbocycles. The van der Waals surface area contributed by atoms with Gasteiger partial charge in [0, 0.05) is 11.5 Å². The first kappa shape index (κ1) is 17.7. The zero-order chi connectivity index (χ0) is 19.7. The first-order valence-corrected chi connectivity index (χ1v) is 10.1. The molecule has 2 aliphatic carbocycles. The SMILES string of the molecule is Cc1cc(C2C(O)C34CCCCCC23Oc2cc(O)ccc2C4)cc(O)c1O. The van der Waals surface area contributed by atoms with E-state index in [-0.39, 0.29) is 28.6 Å². The van der Waals surface area contributed by atoms with Crippen LogP contribution in [0.15, 0.2) is 30.3 Å². The van der Waals surface area contributed by atoms with Crippen molar-refractivity contribution in [3.63, 3.8) is 0 Å². The number of ether oxygens (including phenoxy) is 1. The molecule has 28 heavy (non-hydrogen) atoms. The minimum absolute atomic E-state index is 0.123. The summed E-state index contributed by atoms with van der Waals surface area (Å²) < 4.78 is 6.66. The van der Waals surface area contributed by atoms with Crippen molar-refractivity contribution in [3.05, 3.63) is 47.0 Å². The molecular formula is C23H26O5. The summed E-state index contributed by atoms with van der Waals surface area (Å²) in [4.78, 5) is 0. The zero-order valence-electron chi connectivity index (χ0n) is 16.0. The fraction of sp³-hybridized carbons (Fsp3) is 0.478. The van der Waals surface area contributed by atoms with E-state index in [1.54, 1.807) is 25.1 Å². The van der Waals surface area contributed by atoms with E-state index in [0.717, 1.165) is 49.7 Å². The number of benzene rings is 2. The number of aliphatic hydroxyl groups excluding tert-OH is 1. The highest BCUT2D eigenvalue weighted by molar-refractivity contribution is 5.53. The average Bonchev–Trinajstić information content (AvgIpc) is 2.81. The van der Waals surface area contributed by atoms with Gasteiger partial charge in [0.15, 0.2) is 11.5 Å². The average molecular weight is 382 g/mol. The molecule has 4 N–H and O–H groups in total. The number of rotatable bonds is 1. The molecule has 1 aliphatic heterocycles. The third-order valence-electron chi connectivity index (χ3n) is 7.41. The Labute approximate surface area is 164 Å². The number of aliphatic hydroxyl groups is 1. The van der Waals surface area contributed by atoms with Gasteiger partial charge in [-0.05, 0) is 61.4 Å². The van der Waals surface area contributed by atoms with Crippen LogP contribution in [0.1, 0.15) is 54.7 Å². The van der Waals surface area contributed by atoms with E-state index in [9.17, 15) is 20.4 Å². The Balaban J connectivity index is 1.67. The van der Waals surface area contributed by atoms with Gasteiger partial charge < -0.3 is 25.2 Å². The topological polar surface area (TPSA) is 90.2 Å². The molecule has 0 aromatic heterocycles. The first-order valence-electron chi connectivity index (χ1n) is 10.1. The smallest absolute Gasteiger partial charge is 0.160 e. The molecule has 5 rings (SSSR count). The molecule has 4 unspecified atom stereocenters. The van der Waals surface area contributed by atoms with Crippen LogP contribution in [-0.4, -0.2) is 32.1 Å². The van der Waals surface area contributed by atoms with Crippen molar-refractivity contribution >= 4 is 0 Å². The van der Waals surface area contributed by atoms with Gasteiger partial charge in [-0.1, -0.05) is 25.0 Å². The second kappa shape index (κ2) is 5.80. The van der Waals surface area contributed by atoms with Crippen molar-refractivity contribution in [3.8, 4) is 23.0 Å². The van der Waals surface area contributed by atoms with Crippen LogP contribution in [0.4, 0.5) is 0 Å². The van der Waals surface area contributed by atoms with E-state index in [4.69, 9.17) is 4.74 Å². The number of hydrogen-bond donors (Lipinski definition) is 4. The van der Waals surface area contributed by atoms with Gasteiger partial charge in [0.05, 0.1) is 12.0 Å². The summed E-state index contributed by atoms with van der Waals surface area (Å²) in [6.07, 6.45) is 5.04. The van der Waals surface area contributed by atoms with Crippen molar-refractivity contribution in [2.24, 2.45) is 5.41 Å². The van der Waals surface area contributed by atoms with Crippen LogP contribution in [-0.2, 0) is 6.42 Å². The molecule has 1 heterocycles. The monoisotopic (exact) mass is 382 g/mol. The van der Waals surface area contributed by atoms with Gasteiger partial charge in [-0.15, -0.1) is 0 Å². The quantitative estimate of drug-likeness (QED) is 0.562. The maximum atomic E-state index is 11.4. The summed E-state index contributed by atoms with van der Waals surface area (Å²) in [5.74, 6) is 0.284. The number of aromatic hydroxyl groups is 3. The van der Waals surface area contributed by atoms with Crippen molar-refractivity contribution in [1.82, 2.24) is 0 Å². The second-order valence-electron chi connectivity index (χ2n) is 8.81. The maximum Gasteiger partial charge on any atom is 0.160 e. The van der Waals surface area contributed by atoms with Gasteiger partial charge in [0.25, 0.3) is 0 Å². The van der Waals surface area contributed by atoms with Crippen molar-refractivity contribution in [2.75, 3.05) is 0 Å². The summed E-state index contributed by atoms with van der Waals surface area (Å²) in [5, 5.41) is 41.5. The molecular weight excluding hydrogens is 356 g/mol. The summed E-state index contributed by atoms with van der Waals surface area (Å²) >= 11 is 0. The van der Waals surface area contributed by atoms with Crippen LogP contribution >= 0.6 is 0 Å². The zero-order valence-corrected chi connectivity index (χ0v) is 16.0. The van der Waals surface area contributed by atoms with Gasteiger partial charge in [0.1, 0.15) is 17.1 Å². The Morgan fingerprint density at radius 1 is 1.00 bits per heavy atom. The molecule has 0 spiro atoms. The maximum absolute atomic E-state index is 11.4. The Bertz CT molecular complexity index is 931. The molecule has 0 bridgehead atoms. The van der Waals surface area contributed by atoms with Crippen LogP contribution < -0.4 is 4.74 Å². The fourth-order valence-corrected chi connectivity index (χ4v) is 6.11. The van der Waals surface area contributed by atoms with E-state index in [1.165, 1.54) is 0 Å². The molecule has 5 heteroatoms. The predicted molar refractivity (Wildman–Crippen MR) is 104 cm³/mol. The summed E-state index contributed by atoms with van der Waals surface area (Å²) in [6, 6.07) is 8.63. The van der Waals surface area contributed by atoms with Gasteiger partial charge in [-0.25, -0.2) is 0 Å². The Morgan fingerprint density at radius 3 is 2.57 bits per heavy atom. The second-order valence-corrected chi connectivity index (χ2v) is 8.81. The van der Waals surface area contributed by atoms with Crippen LogP contribution in [0.5, 0.6) is 23.0 Å². The molecule has 0 radical (unpaired) electrons. The summed E-state index contributed by atoms with van der Waals surface area (Å²) in [6.45, 7) is 1.75.